The van der Waals surface area contributed by atoms with Gasteiger partial charge in [-0.2, -0.15) is 13.2 Å². The van der Waals surface area contributed by atoms with Crippen molar-refractivity contribution in [3.63, 3.8) is 0 Å². The highest BCUT2D eigenvalue weighted by Gasteiger charge is 2.66. The van der Waals surface area contributed by atoms with Gasteiger partial charge in [0.15, 0.2) is 0 Å². The van der Waals surface area contributed by atoms with E-state index < -0.39 is 52.9 Å². The third-order valence-electron chi connectivity index (χ3n) is 3.51. The van der Waals surface area contributed by atoms with Crippen LogP contribution in [-0.2, 0) is 9.53 Å². The van der Waals surface area contributed by atoms with E-state index in [4.69, 9.17) is 16.3 Å². The van der Waals surface area contributed by atoms with Crippen molar-refractivity contribution >= 4 is 29.3 Å². The Bertz CT molecular complexity index is 924. The zero-order chi connectivity index (χ0) is 22.5. The van der Waals surface area contributed by atoms with E-state index in [0.29, 0.717) is 0 Å². The van der Waals surface area contributed by atoms with E-state index in [9.17, 15) is 31.5 Å². The van der Waals surface area contributed by atoms with Crippen LogP contribution < -0.4 is 15.4 Å². The molecule has 6 nitrogen and oxygen atoms in total. The molecular formula is C18H14ClF5N2O4. The van der Waals surface area contributed by atoms with Gasteiger partial charge in [0.05, 0.1) is 11.6 Å². The third kappa shape index (κ3) is 5.29. The molecule has 0 saturated heterocycles. The summed E-state index contributed by atoms with van der Waals surface area (Å²) in [6, 6.07) is 4.55. The number of amides is 2. The van der Waals surface area contributed by atoms with Crippen LogP contribution in [-0.4, -0.2) is 30.5 Å². The van der Waals surface area contributed by atoms with Crippen molar-refractivity contribution in [3.8, 4) is 5.75 Å². The van der Waals surface area contributed by atoms with E-state index in [-0.39, 0.29) is 5.69 Å². The van der Waals surface area contributed by atoms with E-state index in [0.717, 1.165) is 42.5 Å². The molecular weight excluding hydrogens is 439 g/mol. The summed E-state index contributed by atoms with van der Waals surface area (Å²) in [4.78, 5) is 24.4. The minimum atomic E-state index is -5.49. The highest BCUT2D eigenvalue weighted by Crippen LogP contribution is 2.34. The summed E-state index contributed by atoms with van der Waals surface area (Å²) in [5, 5.41) is 2.98. The lowest BCUT2D eigenvalue weighted by atomic mass is 10.2. The first-order valence-electron chi connectivity index (χ1n) is 8.21. The van der Waals surface area contributed by atoms with E-state index in [1.54, 1.807) is 0 Å². The number of carbonyl (C=O) groups is 2. The van der Waals surface area contributed by atoms with E-state index in [2.05, 4.69) is 4.74 Å². The van der Waals surface area contributed by atoms with Crippen LogP contribution in [0.3, 0.4) is 0 Å². The molecule has 2 N–H and O–H groups in total. The van der Waals surface area contributed by atoms with Crippen molar-refractivity contribution in [2.45, 2.75) is 18.8 Å². The Hall–Kier alpha value is -3.08. The Morgan fingerprint density at radius 1 is 1.07 bits per heavy atom. The first kappa shape index (κ1) is 23.2. The number of rotatable bonds is 6. The number of alkyl halides is 3. The summed E-state index contributed by atoms with van der Waals surface area (Å²) >= 11 is 5.56. The maximum absolute atomic E-state index is 13.9. The summed E-state index contributed by atoms with van der Waals surface area (Å²) in [6.45, 7) is 0.790. The van der Waals surface area contributed by atoms with Crippen molar-refractivity contribution in [2.24, 2.45) is 0 Å². The zero-order valence-electron chi connectivity index (χ0n) is 15.1. The summed E-state index contributed by atoms with van der Waals surface area (Å²) in [7, 11) is 0. The van der Waals surface area contributed by atoms with Gasteiger partial charge in [-0.1, -0.05) is 11.6 Å². The van der Waals surface area contributed by atoms with Gasteiger partial charge in [-0.25, -0.2) is 18.4 Å². The average Bonchev–Trinajstić information content (AvgIpc) is 2.65. The predicted molar refractivity (Wildman–Crippen MR) is 96.0 cm³/mol. The topological polar surface area (TPSA) is 76.7 Å². The van der Waals surface area contributed by atoms with Gasteiger partial charge in [-0.3, -0.25) is 5.32 Å². The Morgan fingerprint density at radius 3 is 2.23 bits per heavy atom. The molecule has 0 aliphatic rings. The van der Waals surface area contributed by atoms with Crippen molar-refractivity contribution in [2.75, 3.05) is 11.9 Å². The summed E-state index contributed by atoms with van der Waals surface area (Å²) < 4.78 is 77.2. The molecule has 0 aliphatic carbocycles. The number of ether oxygens (including phenoxy) is 2. The molecule has 1 unspecified atom stereocenters. The molecule has 0 spiro atoms. The second kappa shape index (κ2) is 9.16. The number of hydrogen-bond acceptors (Lipinski definition) is 4. The summed E-state index contributed by atoms with van der Waals surface area (Å²) in [5.74, 6) is -4.13. The summed E-state index contributed by atoms with van der Waals surface area (Å²) in [5.41, 5.74) is -4.13. The fraction of sp³-hybridized carbons (Fsp3) is 0.222. The number of nitrogens with one attached hydrogen (secondary N) is 2. The number of hydrogen-bond donors (Lipinski definition) is 2. The number of urea groups is 1. The molecule has 2 rings (SSSR count). The zero-order valence-corrected chi connectivity index (χ0v) is 15.9. The molecule has 0 bridgehead atoms. The van der Waals surface area contributed by atoms with Crippen LogP contribution in [0.2, 0.25) is 5.02 Å². The lowest BCUT2D eigenvalue weighted by Gasteiger charge is -2.33. The minimum absolute atomic E-state index is 0.166. The number of esters is 1. The Labute approximate surface area is 171 Å². The molecule has 1 atom stereocenters. The molecule has 2 aromatic rings. The van der Waals surface area contributed by atoms with Crippen LogP contribution >= 0.6 is 11.6 Å². The fourth-order valence-corrected chi connectivity index (χ4v) is 2.35. The van der Waals surface area contributed by atoms with Crippen LogP contribution in [0.5, 0.6) is 5.75 Å². The number of benzene rings is 2. The van der Waals surface area contributed by atoms with Gasteiger partial charge in [-0.05, 0) is 49.4 Å². The first-order chi connectivity index (χ1) is 14.0. The average molecular weight is 453 g/mol. The standard InChI is InChI=1S/C18H14ClF5N2O4/c1-2-29-15(27)17(18(22,23)24,30-12-6-3-10(20)4-7-12)26-16(28)25-11-5-8-14(21)13(19)9-11/h3-9H,2H2,1H3,(H2,25,26,28). The van der Waals surface area contributed by atoms with Gasteiger partial charge in [0.25, 0.3) is 0 Å². The Kier molecular flexibility index (Phi) is 7.08. The van der Waals surface area contributed by atoms with Gasteiger partial charge in [0, 0.05) is 5.69 Å². The van der Waals surface area contributed by atoms with Gasteiger partial charge < -0.3 is 14.8 Å². The minimum Gasteiger partial charge on any atom is -0.461 e. The molecule has 162 valence electrons. The van der Waals surface area contributed by atoms with Crippen LogP contribution in [0.4, 0.5) is 32.4 Å². The lowest BCUT2D eigenvalue weighted by molar-refractivity contribution is -0.259. The summed E-state index contributed by atoms with van der Waals surface area (Å²) in [6.07, 6.45) is -5.49. The molecule has 2 aromatic carbocycles. The van der Waals surface area contributed by atoms with Crippen LogP contribution in [0.1, 0.15) is 6.92 Å². The number of anilines is 1. The monoisotopic (exact) mass is 452 g/mol. The molecule has 0 saturated carbocycles. The molecule has 12 heteroatoms. The van der Waals surface area contributed by atoms with Gasteiger partial charge in [0.1, 0.15) is 17.4 Å². The smallest absolute Gasteiger partial charge is 0.460 e. The van der Waals surface area contributed by atoms with Crippen molar-refractivity contribution in [3.05, 3.63) is 59.1 Å². The highest BCUT2D eigenvalue weighted by atomic mass is 35.5. The van der Waals surface area contributed by atoms with E-state index >= 15 is 0 Å². The molecule has 0 aliphatic heterocycles. The van der Waals surface area contributed by atoms with E-state index in [1.807, 2.05) is 5.32 Å². The van der Waals surface area contributed by atoms with Crippen molar-refractivity contribution < 1.29 is 41.0 Å². The van der Waals surface area contributed by atoms with Gasteiger partial charge in [-0.15, -0.1) is 0 Å². The lowest BCUT2D eigenvalue weighted by Crippen LogP contribution is -2.69. The fourth-order valence-electron chi connectivity index (χ4n) is 2.17. The second-order valence-electron chi connectivity index (χ2n) is 5.66. The van der Waals surface area contributed by atoms with Crippen LogP contribution in [0.25, 0.3) is 0 Å². The Morgan fingerprint density at radius 2 is 1.70 bits per heavy atom. The molecule has 30 heavy (non-hydrogen) atoms. The number of carbonyl (C=O) groups excluding carboxylic acids is 2. The molecule has 2 amide bonds. The van der Waals surface area contributed by atoms with Crippen LogP contribution in [0, 0.1) is 11.6 Å². The first-order valence-corrected chi connectivity index (χ1v) is 8.59. The normalized spacial score (nSPS) is 13.2. The maximum Gasteiger partial charge on any atom is 0.460 e. The third-order valence-corrected chi connectivity index (χ3v) is 3.80. The quantitative estimate of drug-likeness (QED) is 0.380. The molecule has 0 heterocycles. The SMILES string of the molecule is CCOC(=O)C(NC(=O)Nc1ccc(F)c(Cl)c1)(Oc1ccc(F)cc1)C(F)(F)F. The van der Waals surface area contributed by atoms with Gasteiger partial charge >= 0.3 is 23.9 Å². The largest absolute Gasteiger partial charge is 0.461 e. The molecule has 0 aromatic heterocycles. The van der Waals surface area contributed by atoms with E-state index in [1.165, 1.54) is 12.2 Å². The maximum atomic E-state index is 13.9. The second-order valence-corrected chi connectivity index (χ2v) is 6.07. The van der Waals surface area contributed by atoms with Crippen molar-refractivity contribution in [1.82, 2.24) is 5.32 Å². The number of halogens is 6. The van der Waals surface area contributed by atoms with Crippen LogP contribution in [0.15, 0.2) is 42.5 Å². The highest BCUT2D eigenvalue weighted by molar-refractivity contribution is 6.31. The Balaban J connectivity index is 2.39. The van der Waals surface area contributed by atoms with Crippen molar-refractivity contribution in [1.29, 1.82) is 0 Å². The molecule has 0 fully saturated rings. The molecule has 0 radical (unpaired) electrons. The predicted octanol–water partition coefficient (Wildman–Crippen LogP) is 4.64. The van der Waals surface area contributed by atoms with Gasteiger partial charge in [0.2, 0.25) is 0 Å².